The summed E-state index contributed by atoms with van der Waals surface area (Å²) >= 11 is 0. The Morgan fingerprint density at radius 1 is 1.58 bits per heavy atom. The molecular weight excluding hydrogens is 176 g/mol. The fourth-order valence-electron chi connectivity index (χ4n) is 2.38. The summed E-state index contributed by atoms with van der Waals surface area (Å²) in [7, 11) is 0. The Morgan fingerprint density at radius 2 is 2.25 bits per heavy atom. The molecule has 1 N–H and O–H groups in total. The van der Waals surface area contributed by atoms with Crippen molar-refractivity contribution < 1.29 is 22.3 Å². The minimum atomic E-state index is -0.610. The molecule has 2 bridgehead atoms. The van der Waals surface area contributed by atoms with E-state index in [2.05, 4.69) is 13.0 Å². The molecule has 2 rings (SSSR count). The van der Waals surface area contributed by atoms with Crippen LogP contribution in [0.15, 0.2) is 11.6 Å². The van der Waals surface area contributed by atoms with E-state index in [1.165, 1.54) is 5.57 Å². The van der Waals surface area contributed by atoms with Crippen LogP contribution in [0.4, 0.5) is 0 Å². The minimum Gasteiger partial charge on any atom is -1.00 e. The van der Waals surface area contributed by atoms with Crippen LogP contribution >= 0.6 is 0 Å². The predicted molar refractivity (Wildman–Crippen MR) is 41.1 cm³/mol. The molecule has 2 aliphatic rings. The molecule has 0 aromatic carbocycles. The first kappa shape index (κ1) is 9.59. The maximum Gasteiger partial charge on any atom is 0.307 e. The summed E-state index contributed by atoms with van der Waals surface area (Å²) in [6, 6.07) is 0. The van der Waals surface area contributed by atoms with Gasteiger partial charge in [0.25, 0.3) is 0 Å². The van der Waals surface area contributed by atoms with E-state index >= 15 is 0 Å². The standard InChI is InChI=1S/C9H12O2.ClH/c1-5-2-7-3-6(5)4-8(7)9(10)11;/h2,6-8H,3-4H2,1H3,(H,10,11);1H/p-1. The number of halogens is 1. The average molecular weight is 188 g/mol. The van der Waals surface area contributed by atoms with Crippen LogP contribution in [0.3, 0.4) is 0 Å². The first-order chi connectivity index (χ1) is 5.18. The van der Waals surface area contributed by atoms with Crippen molar-refractivity contribution >= 4 is 5.97 Å². The van der Waals surface area contributed by atoms with E-state index in [1.807, 2.05) is 0 Å². The summed E-state index contributed by atoms with van der Waals surface area (Å²) < 4.78 is 0. The van der Waals surface area contributed by atoms with Crippen LogP contribution in [-0.4, -0.2) is 11.1 Å². The van der Waals surface area contributed by atoms with Crippen molar-refractivity contribution in [1.29, 1.82) is 0 Å². The normalized spacial score (nSPS) is 37.4. The van der Waals surface area contributed by atoms with E-state index in [0.29, 0.717) is 11.8 Å². The van der Waals surface area contributed by atoms with Gasteiger partial charge in [-0.1, -0.05) is 11.6 Å². The highest BCUT2D eigenvalue weighted by atomic mass is 35.5. The highest BCUT2D eigenvalue weighted by Gasteiger charge is 2.42. The number of hydrogen-bond donors (Lipinski definition) is 1. The Hall–Kier alpha value is -0.500. The fourth-order valence-corrected chi connectivity index (χ4v) is 2.38. The molecule has 68 valence electrons. The van der Waals surface area contributed by atoms with Crippen molar-refractivity contribution in [2.24, 2.45) is 17.8 Å². The smallest absolute Gasteiger partial charge is 0.307 e. The molecule has 12 heavy (non-hydrogen) atoms. The summed E-state index contributed by atoms with van der Waals surface area (Å²) in [6.45, 7) is 2.11. The minimum absolute atomic E-state index is 0. The molecule has 0 heterocycles. The van der Waals surface area contributed by atoms with Gasteiger partial charge in [0, 0.05) is 0 Å². The number of fused-ring (bicyclic) bond motifs is 2. The van der Waals surface area contributed by atoms with Crippen LogP contribution in [0.5, 0.6) is 0 Å². The van der Waals surface area contributed by atoms with Crippen molar-refractivity contribution in [3.8, 4) is 0 Å². The maximum absolute atomic E-state index is 10.7. The van der Waals surface area contributed by atoms with Gasteiger partial charge in [-0.2, -0.15) is 0 Å². The summed E-state index contributed by atoms with van der Waals surface area (Å²) in [5, 5.41) is 8.79. The topological polar surface area (TPSA) is 37.3 Å². The molecule has 0 spiro atoms. The predicted octanol–water partition coefficient (Wildman–Crippen LogP) is -1.32. The zero-order valence-corrected chi connectivity index (χ0v) is 7.71. The number of carboxylic acids is 1. The number of carbonyl (C=O) groups is 1. The lowest BCUT2D eigenvalue weighted by atomic mass is 9.90. The average Bonchev–Trinajstić information content (AvgIpc) is 2.43. The van der Waals surface area contributed by atoms with Crippen molar-refractivity contribution in [2.75, 3.05) is 0 Å². The van der Waals surface area contributed by atoms with Crippen molar-refractivity contribution in [3.63, 3.8) is 0 Å². The van der Waals surface area contributed by atoms with Crippen molar-refractivity contribution in [2.45, 2.75) is 19.8 Å². The second-order valence-electron chi connectivity index (χ2n) is 3.69. The molecule has 0 radical (unpaired) electrons. The zero-order chi connectivity index (χ0) is 8.01. The van der Waals surface area contributed by atoms with Crippen LogP contribution < -0.4 is 12.4 Å². The first-order valence-corrected chi connectivity index (χ1v) is 4.09. The number of carboxylic acid groups (broad SMARTS) is 1. The largest absolute Gasteiger partial charge is 1.00 e. The molecular formula is C9H12ClO2-. The fraction of sp³-hybridized carbons (Fsp3) is 0.667. The van der Waals surface area contributed by atoms with Gasteiger partial charge in [-0.25, -0.2) is 0 Å². The van der Waals surface area contributed by atoms with Gasteiger partial charge in [0.2, 0.25) is 0 Å². The number of rotatable bonds is 1. The maximum atomic E-state index is 10.7. The van der Waals surface area contributed by atoms with Gasteiger partial charge < -0.3 is 17.5 Å². The third kappa shape index (κ3) is 1.24. The monoisotopic (exact) mass is 187 g/mol. The van der Waals surface area contributed by atoms with Gasteiger partial charge >= 0.3 is 5.97 Å². The molecule has 1 saturated carbocycles. The van der Waals surface area contributed by atoms with E-state index in [0.717, 1.165) is 12.8 Å². The SMILES string of the molecule is CC1=CC2CC1CC2C(=O)O.[Cl-]. The van der Waals surface area contributed by atoms with Gasteiger partial charge in [0.05, 0.1) is 5.92 Å². The molecule has 3 unspecified atom stereocenters. The third-order valence-corrected chi connectivity index (χ3v) is 3.05. The number of aliphatic carboxylic acids is 1. The van der Waals surface area contributed by atoms with E-state index < -0.39 is 5.97 Å². The molecule has 3 atom stereocenters. The highest BCUT2D eigenvalue weighted by molar-refractivity contribution is 5.71. The molecule has 2 nitrogen and oxygen atoms in total. The van der Waals surface area contributed by atoms with E-state index in [-0.39, 0.29) is 18.3 Å². The Bertz CT molecular complexity index is 235. The highest BCUT2D eigenvalue weighted by Crippen LogP contribution is 2.47. The Morgan fingerprint density at radius 3 is 2.58 bits per heavy atom. The van der Waals surface area contributed by atoms with E-state index in [4.69, 9.17) is 5.11 Å². The van der Waals surface area contributed by atoms with Crippen molar-refractivity contribution in [3.05, 3.63) is 11.6 Å². The van der Waals surface area contributed by atoms with Crippen LogP contribution in [0, 0.1) is 17.8 Å². The van der Waals surface area contributed by atoms with E-state index in [1.54, 1.807) is 0 Å². The molecule has 0 aromatic heterocycles. The van der Waals surface area contributed by atoms with Gasteiger partial charge in [-0.05, 0) is 31.6 Å². The first-order valence-electron chi connectivity index (χ1n) is 4.09. The third-order valence-electron chi connectivity index (χ3n) is 3.05. The second-order valence-corrected chi connectivity index (χ2v) is 3.69. The molecule has 3 heteroatoms. The van der Waals surface area contributed by atoms with Gasteiger partial charge in [0.1, 0.15) is 0 Å². The molecule has 0 amide bonds. The Kier molecular flexibility index (Phi) is 2.47. The van der Waals surface area contributed by atoms with Gasteiger partial charge in [-0.3, -0.25) is 4.79 Å². The molecule has 2 aliphatic carbocycles. The zero-order valence-electron chi connectivity index (χ0n) is 6.96. The lowest BCUT2D eigenvalue weighted by Gasteiger charge is -2.14. The quantitative estimate of drug-likeness (QED) is 0.517. The summed E-state index contributed by atoms with van der Waals surface area (Å²) in [4.78, 5) is 10.7. The lowest BCUT2D eigenvalue weighted by Crippen LogP contribution is -3.00. The number of allylic oxidation sites excluding steroid dienone is 2. The summed E-state index contributed by atoms with van der Waals surface area (Å²) in [5.74, 6) is 0.239. The number of hydrogen-bond acceptors (Lipinski definition) is 1. The molecule has 0 aliphatic heterocycles. The van der Waals surface area contributed by atoms with Crippen LogP contribution in [0.1, 0.15) is 19.8 Å². The Labute approximate surface area is 78.1 Å². The van der Waals surface area contributed by atoms with Crippen LogP contribution in [0.2, 0.25) is 0 Å². The van der Waals surface area contributed by atoms with Crippen LogP contribution in [-0.2, 0) is 4.79 Å². The lowest BCUT2D eigenvalue weighted by molar-refractivity contribution is -0.142. The summed E-state index contributed by atoms with van der Waals surface area (Å²) in [6.07, 6.45) is 4.11. The van der Waals surface area contributed by atoms with Crippen molar-refractivity contribution in [1.82, 2.24) is 0 Å². The Balaban J connectivity index is 0.000000720. The molecule has 1 fully saturated rings. The molecule has 0 saturated heterocycles. The van der Waals surface area contributed by atoms with Crippen LogP contribution in [0.25, 0.3) is 0 Å². The second kappa shape index (κ2) is 3.09. The van der Waals surface area contributed by atoms with Gasteiger partial charge in [0.15, 0.2) is 0 Å². The summed E-state index contributed by atoms with van der Waals surface area (Å²) in [5.41, 5.74) is 1.41. The van der Waals surface area contributed by atoms with Gasteiger partial charge in [-0.15, -0.1) is 0 Å². The molecule has 0 aromatic rings. The van der Waals surface area contributed by atoms with E-state index in [9.17, 15) is 4.79 Å².